The highest BCUT2D eigenvalue weighted by Crippen LogP contribution is 2.25. The zero-order chi connectivity index (χ0) is 24.0. The summed E-state index contributed by atoms with van der Waals surface area (Å²) in [5.41, 5.74) is 2.73. The molecule has 2 aromatic rings. The maximum atomic E-state index is 13.4. The third-order valence-electron chi connectivity index (χ3n) is 6.14. The quantitative estimate of drug-likeness (QED) is 0.479. The molecule has 1 aliphatic carbocycles. The molecule has 5 nitrogen and oxygen atoms in total. The fraction of sp³-hybridized carbons (Fsp3) is 0.462. The summed E-state index contributed by atoms with van der Waals surface area (Å²) < 4.78 is 5.88. The average molecular weight is 491 g/mol. The number of aryl methyl sites for hydroxylation is 2. The van der Waals surface area contributed by atoms with Gasteiger partial charge in [0.25, 0.3) is 5.91 Å². The molecule has 7 heteroatoms. The van der Waals surface area contributed by atoms with Crippen LogP contribution >= 0.6 is 23.2 Å². The molecule has 0 unspecified atom stereocenters. The van der Waals surface area contributed by atoms with Gasteiger partial charge in [-0.15, -0.1) is 0 Å². The largest absolute Gasteiger partial charge is 0.483 e. The summed E-state index contributed by atoms with van der Waals surface area (Å²) in [5, 5.41) is 4.12. The molecule has 1 saturated carbocycles. The smallest absolute Gasteiger partial charge is 0.261 e. The Hall–Kier alpha value is -2.24. The van der Waals surface area contributed by atoms with Crippen molar-refractivity contribution in [2.75, 3.05) is 6.61 Å². The van der Waals surface area contributed by atoms with Gasteiger partial charge in [-0.3, -0.25) is 9.59 Å². The number of rotatable bonds is 9. The van der Waals surface area contributed by atoms with Gasteiger partial charge in [-0.05, 0) is 68.0 Å². The lowest BCUT2D eigenvalue weighted by Gasteiger charge is -2.31. The lowest BCUT2D eigenvalue weighted by molar-refractivity contribution is -0.143. The molecule has 1 N–H and O–H groups in total. The van der Waals surface area contributed by atoms with Crippen molar-refractivity contribution >= 4 is 35.0 Å². The summed E-state index contributed by atoms with van der Waals surface area (Å²) in [6, 6.07) is 10.6. The number of carbonyl (C=O) groups is 2. The van der Waals surface area contributed by atoms with E-state index in [1.165, 1.54) is 0 Å². The van der Waals surface area contributed by atoms with Crippen molar-refractivity contribution in [2.24, 2.45) is 0 Å². The van der Waals surface area contributed by atoms with Gasteiger partial charge in [0, 0.05) is 22.6 Å². The summed E-state index contributed by atoms with van der Waals surface area (Å²) in [6.07, 6.45) is 4.69. The summed E-state index contributed by atoms with van der Waals surface area (Å²) >= 11 is 12.4. The second-order valence-electron chi connectivity index (χ2n) is 8.73. The van der Waals surface area contributed by atoms with E-state index >= 15 is 0 Å². The Bertz CT molecular complexity index is 989. The van der Waals surface area contributed by atoms with Gasteiger partial charge in [0.1, 0.15) is 11.8 Å². The molecule has 3 rings (SSSR count). The monoisotopic (exact) mass is 490 g/mol. The minimum Gasteiger partial charge on any atom is -0.483 e. The minimum atomic E-state index is -0.618. The maximum absolute atomic E-state index is 13.4. The van der Waals surface area contributed by atoms with Gasteiger partial charge in [-0.25, -0.2) is 0 Å². The number of benzene rings is 2. The summed E-state index contributed by atoms with van der Waals surface area (Å²) in [7, 11) is 0. The third-order valence-corrected chi connectivity index (χ3v) is 6.73. The Morgan fingerprint density at radius 3 is 2.52 bits per heavy atom. The van der Waals surface area contributed by atoms with Crippen molar-refractivity contribution in [3.8, 4) is 5.75 Å². The van der Waals surface area contributed by atoms with E-state index in [0.29, 0.717) is 22.2 Å². The van der Waals surface area contributed by atoms with E-state index in [4.69, 9.17) is 27.9 Å². The van der Waals surface area contributed by atoms with E-state index in [-0.39, 0.29) is 31.0 Å². The third kappa shape index (κ3) is 6.87. The summed E-state index contributed by atoms with van der Waals surface area (Å²) in [5.74, 6) is 0.265. The van der Waals surface area contributed by atoms with Crippen molar-refractivity contribution in [2.45, 2.75) is 71.5 Å². The Balaban J connectivity index is 1.81. The van der Waals surface area contributed by atoms with Crippen LogP contribution in [0.15, 0.2) is 36.4 Å². The first-order valence-corrected chi connectivity index (χ1v) is 12.3. The molecule has 2 amide bonds. The Morgan fingerprint density at radius 2 is 1.85 bits per heavy atom. The van der Waals surface area contributed by atoms with Gasteiger partial charge < -0.3 is 15.0 Å². The molecule has 0 saturated heterocycles. The van der Waals surface area contributed by atoms with Crippen molar-refractivity contribution < 1.29 is 14.3 Å². The first-order valence-electron chi connectivity index (χ1n) is 11.5. The zero-order valence-electron chi connectivity index (χ0n) is 19.5. The topological polar surface area (TPSA) is 58.6 Å². The van der Waals surface area contributed by atoms with Gasteiger partial charge in [0.2, 0.25) is 5.91 Å². The number of amides is 2. The summed E-state index contributed by atoms with van der Waals surface area (Å²) in [6.45, 7) is 5.86. The van der Waals surface area contributed by atoms with E-state index in [1.54, 1.807) is 23.1 Å². The van der Waals surface area contributed by atoms with Crippen LogP contribution in [-0.4, -0.2) is 35.4 Å². The highest BCUT2D eigenvalue weighted by Gasteiger charge is 2.31. The summed E-state index contributed by atoms with van der Waals surface area (Å²) in [4.78, 5) is 28.1. The van der Waals surface area contributed by atoms with Crippen LogP contribution in [0.4, 0.5) is 0 Å². The highest BCUT2D eigenvalue weighted by atomic mass is 35.5. The molecule has 0 aromatic heterocycles. The number of carbonyl (C=O) groups excluding carboxylic acids is 2. The van der Waals surface area contributed by atoms with Crippen molar-refractivity contribution in [3.05, 3.63) is 63.1 Å². The fourth-order valence-corrected chi connectivity index (χ4v) is 4.67. The van der Waals surface area contributed by atoms with Crippen LogP contribution in [0.25, 0.3) is 0 Å². The molecule has 1 atom stereocenters. The van der Waals surface area contributed by atoms with Crippen LogP contribution in [0.2, 0.25) is 10.0 Å². The van der Waals surface area contributed by atoms with Gasteiger partial charge >= 0.3 is 0 Å². The second-order valence-corrected chi connectivity index (χ2v) is 9.57. The highest BCUT2D eigenvalue weighted by molar-refractivity contribution is 6.35. The van der Waals surface area contributed by atoms with E-state index in [1.807, 2.05) is 39.0 Å². The maximum Gasteiger partial charge on any atom is 0.261 e. The Labute approximate surface area is 206 Å². The van der Waals surface area contributed by atoms with Crippen LogP contribution < -0.4 is 10.1 Å². The Kier molecular flexibility index (Phi) is 9.04. The SMILES string of the molecule is CC[C@@H](C(=O)NC1CCCC1)N(Cc1ccc(Cl)cc1Cl)C(=O)COc1cc(C)ccc1C. The van der Waals surface area contributed by atoms with Crippen molar-refractivity contribution in [3.63, 3.8) is 0 Å². The van der Waals surface area contributed by atoms with Gasteiger partial charge in [0.05, 0.1) is 0 Å². The number of ether oxygens (including phenoxy) is 1. The van der Waals surface area contributed by atoms with Crippen LogP contribution in [-0.2, 0) is 16.1 Å². The number of nitrogens with zero attached hydrogens (tertiary/aromatic N) is 1. The van der Waals surface area contributed by atoms with Crippen molar-refractivity contribution in [1.82, 2.24) is 10.2 Å². The first kappa shape index (κ1) is 25.4. The molecule has 2 aromatic carbocycles. The predicted molar refractivity (Wildman–Crippen MR) is 133 cm³/mol. The fourth-order valence-electron chi connectivity index (χ4n) is 4.21. The number of halogens is 2. The molecule has 0 bridgehead atoms. The normalized spacial score (nSPS) is 14.7. The molecule has 0 aliphatic heterocycles. The van der Waals surface area contributed by atoms with E-state index in [2.05, 4.69) is 5.32 Å². The second kappa shape index (κ2) is 11.8. The molecule has 178 valence electrons. The zero-order valence-corrected chi connectivity index (χ0v) is 21.0. The molecule has 0 spiro atoms. The van der Waals surface area contributed by atoms with Crippen LogP contribution in [0.3, 0.4) is 0 Å². The molecule has 0 heterocycles. The number of hydrogen-bond acceptors (Lipinski definition) is 3. The van der Waals surface area contributed by atoms with E-state index in [9.17, 15) is 9.59 Å². The van der Waals surface area contributed by atoms with Crippen LogP contribution in [0.5, 0.6) is 5.75 Å². The van der Waals surface area contributed by atoms with E-state index in [0.717, 1.165) is 42.4 Å². The molecule has 1 fully saturated rings. The first-order chi connectivity index (χ1) is 15.8. The standard InChI is InChI=1S/C26H32Cl2N2O3/c1-4-23(26(32)29-21-7-5-6-8-21)30(15-19-11-12-20(27)14-22(19)28)25(31)16-33-24-13-17(2)9-10-18(24)3/h9-14,21,23H,4-8,15-16H2,1-3H3,(H,29,32)/t23-/m0/s1. The lowest BCUT2D eigenvalue weighted by atomic mass is 10.1. The van der Waals surface area contributed by atoms with E-state index < -0.39 is 6.04 Å². The number of hydrogen-bond donors (Lipinski definition) is 1. The van der Waals surface area contributed by atoms with Crippen LogP contribution in [0.1, 0.15) is 55.7 Å². The molecular formula is C26H32Cl2N2O3. The predicted octanol–water partition coefficient (Wildman–Crippen LogP) is 5.86. The molecule has 33 heavy (non-hydrogen) atoms. The van der Waals surface area contributed by atoms with Gasteiger partial charge in [0.15, 0.2) is 6.61 Å². The molecule has 0 radical (unpaired) electrons. The lowest BCUT2D eigenvalue weighted by Crippen LogP contribution is -2.52. The van der Waals surface area contributed by atoms with Gasteiger partial charge in [-0.2, -0.15) is 0 Å². The Morgan fingerprint density at radius 1 is 1.12 bits per heavy atom. The van der Waals surface area contributed by atoms with Crippen molar-refractivity contribution in [1.29, 1.82) is 0 Å². The molecule has 1 aliphatic rings. The molecular weight excluding hydrogens is 459 g/mol. The van der Waals surface area contributed by atoms with Gasteiger partial charge in [-0.1, -0.05) is 61.2 Å². The minimum absolute atomic E-state index is 0.130. The van der Waals surface area contributed by atoms with Crippen LogP contribution in [0, 0.1) is 13.8 Å². The average Bonchev–Trinajstić information content (AvgIpc) is 3.28. The number of nitrogens with one attached hydrogen (secondary N) is 1.